The third-order valence-electron chi connectivity index (χ3n) is 16.1. The van der Waals surface area contributed by atoms with Gasteiger partial charge in [-0.1, -0.05) is 146 Å². The summed E-state index contributed by atoms with van der Waals surface area (Å²) < 4.78 is 19.4. The summed E-state index contributed by atoms with van der Waals surface area (Å²) >= 11 is 0. The highest BCUT2D eigenvalue weighted by molar-refractivity contribution is 7.00. The van der Waals surface area contributed by atoms with Crippen molar-refractivity contribution in [2.45, 2.75) is 0 Å². The van der Waals surface area contributed by atoms with E-state index < -0.39 is 0 Å². The van der Waals surface area contributed by atoms with Gasteiger partial charge in [-0.3, -0.25) is 0 Å². The van der Waals surface area contributed by atoms with Gasteiger partial charge < -0.3 is 28.4 Å². The average Bonchev–Trinajstić information content (AvgIpc) is 4.15. The van der Waals surface area contributed by atoms with Crippen LogP contribution in [0.25, 0.3) is 55.0 Å². The lowest BCUT2D eigenvalue weighted by molar-refractivity contribution is 0.488. The van der Waals surface area contributed by atoms with Crippen LogP contribution in [-0.4, -0.2) is 22.6 Å². The molecule has 8 heteroatoms. The Morgan fingerprint density at radius 1 is 0.311 bits per heavy atom. The summed E-state index contributed by atoms with van der Waals surface area (Å²) in [5.41, 5.74) is 20.5. The molecule has 6 nitrogen and oxygen atoms in total. The van der Waals surface area contributed by atoms with Crippen molar-refractivity contribution in [2.75, 3.05) is 9.80 Å². The summed E-state index contributed by atoms with van der Waals surface area (Å²) in [6.45, 7) is -0.0719. The van der Waals surface area contributed by atoms with Crippen LogP contribution in [0.15, 0.2) is 243 Å². The van der Waals surface area contributed by atoms with E-state index >= 15 is 0 Å². The number of aromatic nitrogens is 2. The lowest BCUT2D eigenvalue weighted by Crippen LogP contribution is -2.58. The van der Waals surface area contributed by atoms with E-state index in [0.717, 1.165) is 90.0 Å². The second kappa shape index (κ2) is 14.9. The van der Waals surface area contributed by atoms with E-state index in [1.54, 1.807) is 0 Å². The minimum atomic E-state index is -0.0359. The molecule has 0 aliphatic carbocycles. The number of fused-ring (bicyclic) bond motifs is 16. The van der Waals surface area contributed by atoms with Crippen LogP contribution in [-0.2, 0) is 0 Å². The Morgan fingerprint density at radius 3 is 1.04 bits per heavy atom. The van der Waals surface area contributed by atoms with Crippen LogP contribution < -0.4 is 52.1 Å². The largest absolute Gasteiger partial charge is 0.458 e. The van der Waals surface area contributed by atoms with Gasteiger partial charge in [0.15, 0.2) is 0 Å². The summed E-state index contributed by atoms with van der Waals surface area (Å²) in [5, 5.41) is 4.67. The summed E-state index contributed by atoms with van der Waals surface area (Å²) in [4.78, 5) is 4.84. The van der Waals surface area contributed by atoms with Crippen molar-refractivity contribution in [3.8, 4) is 34.4 Å². The Kier molecular flexibility index (Phi) is 8.08. The quantitative estimate of drug-likeness (QED) is 0.156. The van der Waals surface area contributed by atoms with Crippen LogP contribution in [0, 0.1) is 0 Å². The van der Waals surface area contributed by atoms with E-state index in [9.17, 15) is 0 Å². The highest BCUT2D eigenvalue weighted by Crippen LogP contribution is 2.52. The van der Waals surface area contributed by atoms with Crippen molar-refractivity contribution in [1.82, 2.24) is 9.13 Å². The fourth-order valence-electron chi connectivity index (χ4n) is 13.3. The van der Waals surface area contributed by atoms with Crippen molar-refractivity contribution in [2.24, 2.45) is 0 Å². The summed E-state index contributed by atoms with van der Waals surface area (Å²) in [6.07, 6.45) is 0. The van der Waals surface area contributed by atoms with Gasteiger partial charge in [-0.25, -0.2) is 0 Å². The first-order valence-corrected chi connectivity index (χ1v) is 25.5. The maximum absolute atomic E-state index is 7.16. The first kappa shape index (κ1) is 40.0. The molecule has 0 fully saturated rings. The van der Waals surface area contributed by atoms with Gasteiger partial charge in [0, 0.05) is 67.8 Å². The normalized spacial score (nSPS) is 13.0. The van der Waals surface area contributed by atoms with Gasteiger partial charge in [-0.2, -0.15) is 0 Å². The molecule has 0 spiro atoms. The molecule has 0 bridgehead atoms. The van der Waals surface area contributed by atoms with E-state index in [1.807, 2.05) is 0 Å². The Labute approximate surface area is 427 Å². The summed E-state index contributed by atoms with van der Waals surface area (Å²) in [7, 11) is 0. The highest BCUT2D eigenvalue weighted by Gasteiger charge is 2.44. The topological polar surface area (TPSA) is 34.8 Å². The zero-order valence-corrected chi connectivity index (χ0v) is 39.9. The molecule has 6 heterocycles. The number of benzene rings is 11. The van der Waals surface area contributed by atoms with Gasteiger partial charge in [0.05, 0.1) is 33.4 Å². The molecule has 4 aliphatic heterocycles. The maximum Gasteiger partial charge on any atom is 0.256 e. The van der Waals surface area contributed by atoms with Crippen LogP contribution in [0.1, 0.15) is 0 Å². The van der Waals surface area contributed by atoms with Crippen molar-refractivity contribution in [3.05, 3.63) is 243 Å². The molecule has 0 unspecified atom stereocenters. The Bertz CT molecular complexity index is 4150. The van der Waals surface area contributed by atoms with E-state index in [1.165, 1.54) is 54.9 Å². The fraction of sp³-hybridized carbons (Fsp3) is 0. The summed E-state index contributed by atoms with van der Waals surface area (Å²) in [6, 6.07) is 88.1. The van der Waals surface area contributed by atoms with Crippen LogP contribution in [0.5, 0.6) is 23.0 Å². The number of nitrogens with zero attached hydrogens (tertiary/aromatic N) is 4. The van der Waals surface area contributed by atoms with Gasteiger partial charge in [-0.05, 0) is 118 Å². The van der Waals surface area contributed by atoms with Gasteiger partial charge in [0.1, 0.15) is 23.0 Å². The number of rotatable bonds is 6. The second-order valence-electron chi connectivity index (χ2n) is 19.9. The molecule has 4 aliphatic rings. The fourth-order valence-corrected chi connectivity index (χ4v) is 13.3. The molecule has 0 N–H and O–H groups in total. The second-order valence-corrected chi connectivity index (χ2v) is 19.9. The van der Waals surface area contributed by atoms with E-state index in [2.05, 4.69) is 262 Å². The van der Waals surface area contributed by atoms with E-state index in [-0.39, 0.29) is 13.4 Å². The molecule has 0 saturated carbocycles. The molecule has 74 heavy (non-hydrogen) atoms. The Morgan fingerprint density at radius 2 is 0.649 bits per heavy atom. The van der Waals surface area contributed by atoms with Gasteiger partial charge in [0.2, 0.25) is 0 Å². The minimum Gasteiger partial charge on any atom is -0.458 e. The third-order valence-corrected chi connectivity index (χ3v) is 16.1. The van der Waals surface area contributed by atoms with E-state index in [0.29, 0.717) is 0 Å². The SMILES string of the molecule is c1ccc(N(c2ccccc2)c2cc3c4c5c2c2cc6c7c(N(c8ccccc8)c8ccccc8)cc8c9c7n(c6cc2n5-c2ccccc2B4c2ccccc2O3)-c2ccccc2B9c2ccccc2O8)cc1. The predicted octanol–water partition coefficient (Wildman–Crippen LogP) is 12.7. The Hall–Kier alpha value is -9.65. The van der Waals surface area contributed by atoms with E-state index in [4.69, 9.17) is 9.47 Å². The zero-order chi connectivity index (χ0) is 48.2. The number of hydrogen-bond acceptors (Lipinski definition) is 4. The van der Waals surface area contributed by atoms with Crippen molar-refractivity contribution in [1.29, 1.82) is 0 Å². The lowest BCUT2D eigenvalue weighted by Gasteiger charge is -2.35. The highest BCUT2D eigenvalue weighted by atomic mass is 16.5. The Balaban J connectivity index is 1.09. The number of ether oxygens (including phenoxy) is 2. The van der Waals surface area contributed by atoms with Crippen molar-refractivity contribution >= 4 is 124 Å². The number of anilines is 6. The monoisotopic (exact) mass is 942 g/mol. The predicted molar refractivity (Wildman–Crippen MR) is 307 cm³/mol. The molecule has 342 valence electrons. The molecule has 0 amide bonds. The molecular formula is C66H40B2N4O2. The maximum atomic E-state index is 7.16. The third kappa shape index (κ3) is 5.30. The number of para-hydroxylation sites is 8. The molecule has 13 aromatic rings. The standard InChI is InChI=1S/C66H40B2N4O2/c1-5-21-41(22-6-1)69(42-23-7-2-8-24-42)55-39-59-63-65-61(55)45-37-46-54(38-53(45)71(65)51-33-17-13-29-47(51)67(63)49-31-15-19-35-57(49)73-59)72-52-34-18-14-30-48(52)68-50-32-16-20-36-58(50)74-60-40-56(62(46)66(72)64(60)68)70(43-25-9-3-10-26-43)44-27-11-4-12-28-44/h1-40H. The lowest BCUT2D eigenvalue weighted by atomic mass is 9.34. The van der Waals surface area contributed by atoms with Gasteiger partial charge >= 0.3 is 0 Å². The molecule has 0 saturated heterocycles. The van der Waals surface area contributed by atoms with Crippen molar-refractivity contribution in [3.63, 3.8) is 0 Å². The van der Waals surface area contributed by atoms with Gasteiger partial charge in [0.25, 0.3) is 13.4 Å². The zero-order valence-electron chi connectivity index (χ0n) is 39.9. The average molecular weight is 943 g/mol. The molecule has 2 aromatic heterocycles. The van der Waals surface area contributed by atoms with Crippen LogP contribution >= 0.6 is 0 Å². The van der Waals surface area contributed by atoms with Gasteiger partial charge in [-0.15, -0.1) is 0 Å². The molecule has 11 aromatic carbocycles. The minimum absolute atomic E-state index is 0.0359. The molecule has 0 atom stereocenters. The first-order chi connectivity index (χ1) is 36.8. The number of hydrogen-bond donors (Lipinski definition) is 0. The summed E-state index contributed by atoms with van der Waals surface area (Å²) in [5.74, 6) is 3.52. The first-order valence-electron chi connectivity index (χ1n) is 25.5. The van der Waals surface area contributed by atoms with Crippen LogP contribution in [0.4, 0.5) is 34.1 Å². The molecular weight excluding hydrogens is 902 g/mol. The molecule has 17 rings (SSSR count). The van der Waals surface area contributed by atoms with Crippen LogP contribution in [0.3, 0.4) is 0 Å². The van der Waals surface area contributed by atoms with Crippen LogP contribution in [0.2, 0.25) is 0 Å². The smallest absolute Gasteiger partial charge is 0.256 e. The van der Waals surface area contributed by atoms with Crippen molar-refractivity contribution < 1.29 is 9.47 Å². The molecule has 0 radical (unpaired) electrons.